The van der Waals surface area contributed by atoms with Crippen LogP contribution in [0.25, 0.3) is 0 Å². The van der Waals surface area contributed by atoms with E-state index in [0.29, 0.717) is 23.4 Å². The van der Waals surface area contributed by atoms with Gasteiger partial charge in [-0.05, 0) is 103 Å². The van der Waals surface area contributed by atoms with Crippen molar-refractivity contribution in [2.45, 2.75) is 69.0 Å². The van der Waals surface area contributed by atoms with Gasteiger partial charge in [-0.3, -0.25) is 9.80 Å². The SMILES string of the molecule is COc1ccc2c(c1Oc1ccsc1)C13CCN(CC4CC4)C(C2)C12CCC1C3C(CN1Cc1ccccc1)C2. The standard InChI is InChI=1S/C35H40N2O2S/c1-38-29-10-9-25-17-30-34-13-11-28-31(26(18-34)21-37(28)20-23-5-3-2-4-6-23)35(34,14-15-36(30)19-24-7-8-24)32(25)33(29)39-27-12-16-40-22-27/h2-6,9-10,12,16,22,24,26,28,30-31H,7-8,11,13-15,17-21H2,1H3. The summed E-state index contributed by atoms with van der Waals surface area (Å²) in [6.45, 7) is 4.91. The molecule has 5 fully saturated rings. The molecule has 0 spiro atoms. The highest BCUT2D eigenvalue weighted by molar-refractivity contribution is 7.08. The minimum atomic E-state index is 0.171. The predicted molar refractivity (Wildman–Crippen MR) is 159 cm³/mol. The van der Waals surface area contributed by atoms with Crippen molar-refractivity contribution in [3.8, 4) is 17.2 Å². The van der Waals surface area contributed by atoms with Crippen molar-refractivity contribution in [3.05, 3.63) is 76.0 Å². The van der Waals surface area contributed by atoms with Crippen LogP contribution in [0.4, 0.5) is 0 Å². The van der Waals surface area contributed by atoms with E-state index >= 15 is 0 Å². The third-order valence-corrected chi connectivity index (χ3v) is 12.8. The quantitative estimate of drug-likeness (QED) is 0.311. The molecule has 4 bridgehead atoms. The molecular formula is C35H40N2O2S. The topological polar surface area (TPSA) is 24.9 Å². The molecule has 4 nitrogen and oxygen atoms in total. The maximum atomic E-state index is 6.87. The molecule has 2 aromatic carbocycles. The lowest BCUT2D eigenvalue weighted by atomic mass is 9.43. The van der Waals surface area contributed by atoms with Gasteiger partial charge in [0.15, 0.2) is 11.5 Å². The van der Waals surface area contributed by atoms with Gasteiger partial charge in [0.1, 0.15) is 5.75 Å². The first kappa shape index (κ1) is 24.3. The smallest absolute Gasteiger partial charge is 0.173 e. The predicted octanol–water partition coefficient (Wildman–Crippen LogP) is 7.13. The van der Waals surface area contributed by atoms with Crippen molar-refractivity contribution < 1.29 is 9.47 Å². The van der Waals surface area contributed by atoms with Gasteiger partial charge in [0.05, 0.1) is 7.11 Å². The summed E-state index contributed by atoms with van der Waals surface area (Å²) in [6.07, 6.45) is 9.42. The number of rotatable bonds is 7. The van der Waals surface area contributed by atoms with Crippen molar-refractivity contribution in [1.29, 1.82) is 0 Å². The Morgan fingerprint density at radius 2 is 1.90 bits per heavy atom. The number of hydrogen-bond acceptors (Lipinski definition) is 5. The lowest BCUT2D eigenvalue weighted by molar-refractivity contribution is -0.106. The van der Waals surface area contributed by atoms with Gasteiger partial charge in [-0.2, -0.15) is 0 Å². The second-order valence-electron chi connectivity index (χ2n) is 13.7. The van der Waals surface area contributed by atoms with E-state index in [-0.39, 0.29) is 5.41 Å². The van der Waals surface area contributed by atoms with Gasteiger partial charge < -0.3 is 9.47 Å². The molecule has 2 aliphatic heterocycles. The third-order valence-electron chi connectivity index (χ3n) is 12.1. The van der Waals surface area contributed by atoms with Crippen LogP contribution in [0.5, 0.6) is 17.2 Å². The van der Waals surface area contributed by atoms with Crippen LogP contribution in [-0.4, -0.2) is 48.6 Å². The van der Waals surface area contributed by atoms with Gasteiger partial charge >= 0.3 is 0 Å². The number of likely N-dealkylation sites (tertiary alicyclic amines) is 2. The summed E-state index contributed by atoms with van der Waals surface area (Å²) in [5.74, 6) is 5.30. The largest absolute Gasteiger partial charge is 0.493 e. The molecule has 1 aromatic heterocycles. The molecule has 6 unspecified atom stereocenters. The maximum absolute atomic E-state index is 6.87. The van der Waals surface area contributed by atoms with Crippen LogP contribution in [0.3, 0.4) is 0 Å². The fraction of sp³-hybridized carbons (Fsp3) is 0.543. The second kappa shape index (κ2) is 8.83. The Morgan fingerprint density at radius 3 is 2.70 bits per heavy atom. The first-order valence-corrected chi connectivity index (χ1v) is 16.6. The Labute approximate surface area is 242 Å². The van der Waals surface area contributed by atoms with E-state index in [1.165, 1.54) is 75.7 Å². The van der Waals surface area contributed by atoms with Gasteiger partial charge in [0.2, 0.25) is 0 Å². The molecule has 4 aliphatic carbocycles. The minimum Gasteiger partial charge on any atom is -0.493 e. The molecule has 5 heteroatoms. The van der Waals surface area contributed by atoms with Crippen LogP contribution in [-0.2, 0) is 18.4 Å². The molecule has 0 radical (unpaired) electrons. The zero-order valence-electron chi connectivity index (χ0n) is 23.6. The molecule has 3 aromatic rings. The van der Waals surface area contributed by atoms with Crippen molar-refractivity contribution in [3.63, 3.8) is 0 Å². The van der Waals surface area contributed by atoms with E-state index in [1.807, 2.05) is 7.11 Å². The Kier molecular flexibility index (Phi) is 5.36. The Morgan fingerprint density at radius 1 is 1.00 bits per heavy atom. The lowest BCUT2D eigenvalue weighted by Crippen LogP contribution is -2.69. The summed E-state index contributed by atoms with van der Waals surface area (Å²) >= 11 is 1.71. The summed E-state index contributed by atoms with van der Waals surface area (Å²) < 4.78 is 12.9. The average molecular weight is 553 g/mol. The van der Waals surface area contributed by atoms with Crippen LogP contribution in [0.15, 0.2) is 59.3 Å². The highest BCUT2D eigenvalue weighted by Crippen LogP contribution is 2.77. The first-order valence-electron chi connectivity index (χ1n) is 15.6. The first-order chi connectivity index (χ1) is 19.7. The lowest BCUT2D eigenvalue weighted by Gasteiger charge is -2.66. The fourth-order valence-electron chi connectivity index (χ4n) is 10.8. The van der Waals surface area contributed by atoms with Crippen molar-refractivity contribution in [2.24, 2.45) is 23.2 Å². The maximum Gasteiger partial charge on any atom is 0.173 e. The van der Waals surface area contributed by atoms with Crippen LogP contribution >= 0.6 is 11.3 Å². The number of methoxy groups -OCH3 is 1. The Hall–Kier alpha value is -2.34. The molecule has 0 amide bonds. The van der Waals surface area contributed by atoms with E-state index in [9.17, 15) is 0 Å². The van der Waals surface area contributed by atoms with Crippen molar-refractivity contribution in [2.75, 3.05) is 26.7 Å². The molecule has 9 rings (SSSR count). The monoisotopic (exact) mass is 552 g/mol. The van der Waals surface area contributed by atoms with Gasteiger partial charge in [-0.15, -0.1) is 11.3 Å². The summed E-state index contributed by atoms with van der Waals surface area (Å²) in [6, 6.07) is 19.2. The van der Waals surface area contributed by atoms with Crippen LogP contribution in [0.2, 0.25) is 0 Å². The molecule has 6 aliphatic rings. The number of hydrogen-bond donors (Lipinski definition) is 0. The van der Waals surface area contributed by atoms with Gasteiger partial charge in [-0.25, -0.2) is 0 Å². The van der Waals surface area contributed by atoms with Gasteiger partial charge in [0, 0.05) is 48.1 Å². The van der Waals surface area contributed by atoms with E-state index in [1.54, 1.807) is 16.9 Å². The zero-order valence-corrected chi connectivity index (χ0v) is 24.4. The number of ether oxygens (including phenoxy) is 2. The van der Waals surface area contributed by atoms with Crippen LogP contribution < -0.4 is 9.47 Å². The molecule has 3 heterocycles. The zero-order chi connectivity index (χ0) is 26.5. The summed E-state index contributed by atoms with van der Waals surface area (Å²) in [5, 5.41) is 4.26. The van der Waals surface area contributed by atoms with E-state index in [2.05, 4.69) is 69.1 Å². The molecule has 0 N–H and O–H groups in total. The second-order valence-corrected chi connectivity index (χ2v) is 14.5. The molecule has 6 atom stereocenters. The number of benzene rings is 2. The number of piperidine rings is 1. The molecule has 208 valence electrons. The molecule has 3 saturated carbocycles. The van der Waals surface area contributed by atoms with E-state index < -0.39 is 0 Å². The highest BCUT2D eigenvalue weighted by atomic mass is 32.1. The van der Waals surface area contributed by atoms with Crippen molar-refractivity contribution in [1.82, 2.24) is 9.80 Å². The average Bonchev–Trinajstić information content (AvgIpc) is 3.43. The Balaban J connectivity index is 1.21. The molecule has 2 saturated heterocycles. The fourth-order valence-corrected chi connectivity index (χ4v) is 11.4. The highest BCUT2D eigenvalue weighted by Gasteiger charge is 2.76. The summed E-state index contributed by atoms with van der Waals surface area (Å²) in [4.78, 5) is 5.85. The number of nitrogens with zero attached hydrogens (tertiary/aromatic N) is 2. The molecule has 40 heavy (non-hydrogen) atoms. The number of fused-ring (bicyclic) bond motifs is 1. The molecular weight excluding hydrogens is 512 g/mol. The van der Waals surface area contributed by atoms with Gasteiger partial charge in [0.25, 0.3) is 0 Å². The third kappa shape index (κ3) is 3.26. The van der Waals surface area contributed by atoms with E-state index in [0.717, 1.165) is 35.6 Å². The van der Waals surface area contributed by atoms with Crippen LogP contribution in [0, 0.1) is 23.2 Å². The van der Waals surface area contributed by atoms with Gasteiger partial charge in [-0.1, -0.05) is 36.4 Å². The normalized spacial score (nSPS) is 35.8. The summed E-state index contributed by atoms with van der Waals surface area (Å²) in [5.41, 5.74) is 5.07. The summed E-state index contributed by atoms with van der Waals surface area (Å²) in [7, 11) is 1.82. The number of thiophene rings is 1. The van der Waals surface area contributed by atoms with Crippen molar-refractivity contribution >= 4 is 11.3 Å². The van der Waals surface area contributed by atoms with Crippen LogP contribution in [0.1, 0.15) is 55.2 Å². The Bertz CT molecular complexity index is 1420. The van der Waals surface area contributed by atoms with E-state index in [4.69, 9.17) is 9.47 Å². The minimum absolute atomic E-state index is 0.171.